The lowest BCUT2D eigenvalue weighted by molar-refractivity contribution is 0.753. The quantitative estimate of drug-likeness (QED) is 0.750. The van der Waals surface area contributed by atoms with Crippen molar-refractivity contribution in [1.82, 2.24) is 9.55 Å². The topological polar surface area (TPSA) is 60.9 Å². The summed E-state index contributed by atoms with van der Waals surface area (Å²) in [4.78, 5) is 19.6. The predicted octanol–water partition coefficient (Wildman–Crippen LogP) is 3.03. The van der Waals surface area contributed by atoms with E-state index in [1.165, 1.54) is 0 Å². The summed E-state index contributed by atoms with van der Waals surface area (Å²) in [6, 6.07) is 9.90. The Balaban J connectivity index is 2.37. The van der Waals surface area contributed by atoms with Crippen LogP contribution in [0.15, 0.2) is 35.1 Å². The molecule has 0 aliphatic heterocycles. The van der Waals surface area contributed by atoms with Gasteiger partial charge in [-0.2, -0.15) is 0 Å². The monoisotopic (exact) mass is 329 g/mol. The minimum atomic E-state index is -0.0847. The molecule has 0 atom stereocenters. The van der Waals surface area contributed by atoms with Gasteiger partial charge in [-0.1, -0.05) is 42.5 Å². The second-order valence-corrected chi connectivity index (χ2v) is 6.82. The minimum Gasteiger partial charge on any atom is -0.392 e. The summed E-state index contributed by atoms with van der Waals surface area (Å²) in [6.45, 7) is 4.03. The third-order valence-electron chi connectivity index (χ3n) is 3.56. The van der Waals surface area contributed by atoms with Crippen molar-refractivity contribution in [2.45, 2.75) is 20.4 Å². The Morgan fingerprint density at radius 2 is 2.00 bits per heavy atom. The molecule has 2 heterocycles. The highest BCUT2D eigenvalue weighted by molar-refractivity contribution is 7.80. The molecule has 0 amide bonds. The second-order valence-electron chi connectivity index (χ2n) is 5.10. The zero-order valence-corrected chi connectivity index (χ0v) is 13.9. The fourth-order valence-electron chi connectivity index (χ4n) is 2.59. The molecule has 0 radical (unpaired) electrons. The number of rotatable bonds is 3. The van der Waals surface area contributed by atoms with Gasteiger partial charge in [-0.3, -0.25) is 9.36 Å². The molecule has 0 unspecified atom stereocenters. The van der Waals surface area contributed by atoms with E-state index in [0.29, 0.717) is 11.2 Å². The number of thiocarbonyl (C=S) groups is 1. The van der Waals surface area contributed by atoms with Gasteiger partial charge < -0.3 is 5.73 Å². The molecule has 0 aliphatic rings. The number of fused-ring (bicyclic) bond motifs is 1. The molecule has 22 heavy (non-hydrogen) atoms. The van der Waals surface area contributed by atoms with Crippen molar-refractivity contribution >= 4 is 38.8 Å². The molecule has 1 aromatic carbocycles. The van der Waals surface area contributed by atoms with Gasteiger partial charge in [0.05, 0.1) is 16.9 Å². The summed E-state index contributed by atoms with van der Waals surface area (Å²) in [5.41, 5.74) is 7.50. The van der Waals surface area contributed by atoms with E-state index < -0.39 is 0 Å². The van der Waals surface area contributed by atoms with Crippen molar-refractivity contribution in [2.24, 2.45) is 5.73 Å². The van der Waals surface area contributed by atoms with Crippen LogP contribution < -0.4 is 11.3 Å². The molecule has 0 spiro atoms. The van der Waals surface area contributed by atoms with E-state index in [4.69, 9.17) is 18.0 Å². The highest BCUT2D eigenvalue weighted by atomic mass is 32.1. The van der Waals surface area contributed by atoms with Gasteiger partial charge in [0.15, 0.2) is 0 Å². The van der Waals surface area contributed by atoms with Crippen molar-refractivity contribution in [3.05, 3.63) is 51.4 Å². The van der Waals surface area contributed by atoms with Crippen molar-refractivity contribution < 1.29 is 0 Å². The van der Waals surface area contributed by atoms with Crippen molar-refractivity contribution in [3.63, 3.8) is 0 Å². The average Bonchev–Trinajstić information content (AvgIpc) is 2.80. The number of nitrogens with zero attached hydrogens (tertiary/aromatic N) is 2. The fourth-order valence-corrected chi connectivity index (χ4v) is 3.80. The van der Waals surface area contributed by atoms with E-state index in [0.717, 1.165) is 20.8 Å². The van der Waals surface area contributed by atoms with Crippen LogP contribution in [0.3, 0.4) is 0 Å². The lowest BCUT2D eigenvalue weighted by Crippen LogP contribution is -2.29. The smallest absolute Gasteiger partial charge is 0.263 e. The normalized spacial score (nSPS) is 11.0. The van der Waals surface area contributed by atoms with Crippen LogP contribution in [-0.2, 0) is 6.54 Å². The molecule has 0 aliphatic carbocycles. The third-order valence-corrected chi connectivity index (χ3v) is 4.68. The third kappa shape index (κ3) is 2.44. The van der Waals surface area contributed by atoms with Crippen LogP contribution in [0.1, 0.15) is 10.7 Å². The first-order valence-electron chi connectivity index (χ1n) is 6.83. The largest absolute Gasteiger partial charge is 0.392 e. The molecule has 4 nitrogen and oxygen atoms in total. The predicted molar refractivity (Wildman–Crippen MR) is 95.6 cm³/mol. The van der Waals surface area contributed by atoms with Gasteiger partial charge >= 0.3 is 0 Å². The van der Waals surface area contributed by atoms with Crippen LogP contribution in [0.4, 0.5) is 0 Å². The molecule has 112 valence electrons. The Bertz CT molecular complexity index is 926. The van der Waals surface area contributed by atoms with E-state index in [9.17, 15) is 4.79 Å². The molecule has 3 aromatic rings. The molecular formula is C16H15N3OS2. The molecule has 0 saturated heterocycles. The Labute approximate surface area is 137 Å². The molecule has 6 heteroatoms. The summed E-state index contributed by atoms with van der Waals surface area (Å²) in [5.74, 6) is 0.631. The van der Waals surface area contributed by atoms with Crippen molar-refractivity contribution in [3.8, 4) is 11.1 Å². The first kappa shape index (κ1) is 14.9. The second kappa shape index (κ2) is 5.62. The fraction of sp³-hybridized carbons (Fsp3) is 0.188. The lowest BCUT2D eigenvalue weighted by Gasteiger charge is -2.09. The van der Waals surface area contributed by atoms with Gasteiger partial charge in [-0.25, -0.2) is 4.98 Å². The van der Waals surface area contributed by atoms with E-state index in [1.807, 2.05) is 37.3 Å². The van der Waals surface area contributed by atoms with Gasteiger partial charge in [0.25, 0.3) is 5.56 Å². The number of hydrogen-bond acceptors (Lipinski definition) is 4. The maximum absolute atomic E-state index is 12.9. The zero-order valence-electron chi connectivity index (χ0n) is 12.3. The minimum absolute atomic E-state index is 0.0847. The van der Waals surface area contributed by atoms with Gasteiger partial charge in [-0.15, -0.1) is 11.3 Å². The van der Waals surface area contributed by atoms with E-state index in [-0.39, 0.29) is 17.1 Å². The van der Waals surface area contributed by atoms with Crippen LogP contribution in [0.2, 0.25) is 0 Å². The number of aromatic nitrogens is 2. The molecule has 0 fully saturated rings. The first-order valence-corrected chi connectivity index (χ1v) is 8.05. The van der Waals surface area contributed by atoms with Gasteiger partial charge in [0, 0.05) is 10.4 Å². The number of hydrogen-bond donors (Lipinski definition) is 1. The molecule has 0 bridgehead atoms. The number of benzene rings is 1. The van der Waals surface area contributed by atoms with Gasteiger partial charge in [-0.05, 0) is 19.4 Å². The van der Waals surface area contributed by atoms with Gasteiger partial charge in [0.1, 0.15) is 10.7 Å². The highest BCUT2D eigenvalue weighted by Gasteiger charge is 2.18. The van der Waals surface area contributed by atoms with Crippen LogP contribution in [0.25, 0.3) is 21.3 Å². The average molecular weight is 329 g/mol. The Morgan fingerprint density at radius 1 is 1.32 bits per heavy atom. The number of thiophene rings is 1. The van der Waals surface area contributed by atoms with Crippen LogP contribution in [-0.4, -0.2) is 14.5 Å². The van der Waals surface area contributed by atoms with Crippen LogP contribution in [0, 0.1) is 13.8 Å². The summed E-state index contributed by atoms with van der Waals surface area (Å²) >= 11 is 6.48. The lowest BCUT2D eigenvalue weighted by atomic mass is 10.0. The first-order chi connectivity index (χ1) is 10.5. The molecule has 2 N–H and O–H groups in total. The molecule has 0 saturated carbocycles. The SMILES string of the molecule is Cc1sc2nc(C)n(CC(N)=S)c(=O)c2c1-c1ccccc1. The zero-order chi connectivity index (χ0) is 15.9. The number of aryl methyl sites for hydroxylation is 2. The van der Waals surface area contributed by atoms with Crippen molar-refractivity contribution in [1.29, 1.82) is 0 Å². The summed E-state index contributed by atoms with van der Waals surface area (Å²) < 4.78 is 1.54. The standard InChI is InChI=1S/C16H15N3OS2/c1-9-13(11-6-4-3-5-7-11)14-15(22-9)18-10(2)19(16(14)20)8-12(17)21/h3-7H,8H2,1-2H3,(H2,17,21). The Morgan fingerprint density at radius 3 is 2.64 bits per heavy atom. The summed E-state index contributed by atoms with van der Waals surface area (Å²) in [5, 5.41) is 0.649. The van der Waals surface area contributed by atoms with E-state index in [2.05, 4.69) is 4.98 Å². The van der Waals surface area contributed by atoms with E-state index >= 15 is 0 Å². The maximum atomic E-state index is 12.9. The Kier molecular flexibility index (Phi) is 3.80. The van der Waals surface area contributed by atoms with E-state index in [1.54, 1.807) is 22.8 Å². The molecule has 3 rings (SSSR count). The maximum Gasteiger partial charge on any atom is 0.263 e. The van der Waals surface area contributed by atoms with Crippen LogP contribution in [0.5, 0.6) is 0 Å². The summed E-state index contributed by atoms with van der Waals surface area (Å²) in [6.07, 6.45) is 0. The van der Waals surface area contributed by atoms with Gasteiger partial charge in [0.2, 0.25) is 0 Å². The van der Waals surface area contributed by atoms with Crippen molar-refractivity contribution in [2.75, 3.05) is 0 Å². The number of nitrogens with two attached hydrogens (primary N) is 1. The molecule has 2 aromatic heterocycles. The highest BCUT2D eigenvalue weighted by Crippen LogP contribution is 2.35. The molecular weight excluding hydrogens is 314 g/mol. The van der Waals surface area contributed by atoms with Crippen LogP contribution >= 0.6 is 23.6 Å². The Hall–Kier alpha value is -2.05. The summed E-state index contributed by atoms with van der Waals surface area (Å²) in [7, 11) is 0.